The van der Waals surface area contributed by atoms with Gasteiger partial charge in [0.05, 0.1) is 6.61 Å². The fraction of sp³-hybridized carbons (Fsp3) is 0.333. The van der Waals surface area contributed by atoms with Crippen molar-refractivity contribution in [2.24, 2.45) is 0 Å². The SMILES string of the molecule is Cl.Cl.OCCNCCNCc1cc(Cl)ccc1OCc1ccccc1. The van der Waals surface area contributed by atoms with Gasteiger partial charge in [-0.2, -0.15) is 0 Å². The third-order valence-electron chi connectivity index (χ3n) is 3.34. The van der Waals surface area contributed by atoms with Gasteiger partial charge in [0.2, 0.25) is 0 Å². The summed E-state index contributed by atoms with van der Waals surface area (Å²) in [5.74, 6) is 0.842. The summed E-state index contributed by atoms with van der Waals surface area (Å²) in [7, 11) is 0. The molecule has 0 aromatic heterocycles. The number of ether oxygens (including phenoxy) is 1. The van der Waals surface area contributed by atoms with Crippen LogP contribution in [0.5, 0.6) is 5.75 Å². The van der Waals surface area contributed by atoms with E-state index in [-0.39, 0.29) is 31.4 Å². The van der Waals surface area contributed by atoms with Crippen LogP contribution in [0, 0.1) is 0 Å². The van der Waals surface area contributed by atoms with E-state index < -0.39 is 0 Å². The first-order valence-electron chi connectivity index (χ1n) is 7.77. The molecule has 140 valence electrons. The minimum atomic E-state index is 0. The summed E-state index contributed by atoms with van der Waals surface area (Å²) in [6, 6.07) is 15.8. The van der Waals surface area contributed by atoms with Crippen molar-refractivity contribution in [3.63, 3.8) is 0 Å². The molecule has 0 aliphatic heterocycles. The number of nitrogens with one attached hydrogen (secondary N) is 2. The molecule has 0 unspecified atom stereocenters. The van der Waals surface area contributed by atoms with E-state index in [1.165, 1.54) is 0 Å². The Bertz CT molecular complexity index is 586. The Hall–Kier alpha value is -1.01. The third-order valence-corrected chi connectivity index (χ3v) is 3.58. The highest BCUT2D eigenvalue weighted by Crippen LogP contribution is 2.23. The second-order valence-corrected chi connectivity index (χ2v) is 5.61. The fourth-order valence-electron chi connectivity index (χ4n) is 2.17. The molecule has 0 heterocycles. The van der Waals surface area contributed by atoms with Crippen molar-refractivity contribution >= 4 is 36.4 Å². The topological polar surface area (TPSA) is 53.5 Å². The maximum Gasteiger partial charge on any atom is 0.124 e. The molecular formula is C18H25Cl3N2O2. The molecule has 0 amide bonds. The molecule has 2 rings (SSSR count). The van der Waals surface area contributed by atoms with Crippen LogP contribution in [0.2, 0.25) is 5.02 Å². The monoisotopic (exact) mass is 406 g/mol. The zero-order chi connectivity index (χ0) is 16.3. The van der Waals surface area contributed by atoms with Crippen LogP contribution in [0.1, 0.15) is 11.1 Å². The van der Waals surface area contributed by atoms with E-state index in [0.29, 0.717) is 24.7 Å². The summed E-state index contributed by atoms with van der Waals surface area (Å²) in [6.07, 6.45) is 0. The number of hydrogen-bond donors (Lipinski definition) is 3. The minimum Gasteiger partial charge on any atom is -0.489 e. The maximum absolute atomic E-state index is 8.71. The van der Waals surface area contributed by atoms with Crippen molar-refractivity contribution < 1.29 is 9.84 Å². The standard InChI is InChI=1S/C18H23ClN2O2.2ClH/c19-17-6-7-18(23-14-15-4-2-1-3-5-15)16(12-17)13-21-9-8-20-10-11-22;;/h1-7,12,20-22H,8-11,13-14H2;2*1H. The zero-order valence-corrected chi connectivity index (χ0v) is 16.3. The summed E-state index contributed by atoms with van der Waals surface area (Å²) < 4.78 is 5.93. The van der Waals surface area contributed by atoms with Gasteiger partial charge in [0, 0.05) is 36.8 Å². The number of aliphatic hydroxyl groups excluding tert-OH is 1. The van der Waals surface area contributed by atoms with Gasteiger partial charge in [-0.15, -0.1) is 24.8 Å². The van der Waals surface area contributed by atoms with Gasteiger partial charge in [0.1, 0.15) is 12.4 Å². The second-order valence-electron chi connectivity index (χ2n) is 5.18. The molecule has 0 aliphatic rings. The second kappa shape index (κ2) is 14.2. The van der Waals surface area contributed by atoms with Crippen LogP contribution in [0.15, 0.2) is 48.5 Å². The van der Waals surface area contributed by atoms with Gasteiger partial charge >= 0.3 is 0 Å². The van der Waals surface area contributed by atoms with Gasteiger partial charge in [-0.05, 0) is 23.8 Å². The molecule has 25 heavy (non-hydrogen) atoms. The van der Waals surface area contributed by atoms with Crippen LogP contribution in [0.3, 0.4) is 0 Å². The molecule has 0 atom stereocenters. The van der Waals surface area contributed by atoms with Crippen molar-refractivity contribution in [2.45, 2.75) is 13.2 Å². The van der Waals surface area contributed by atoms with E-state index in [1.807, 2.05) is 48.5 Å². The Labute approximate surface area is 166 Å². The van der Waals surface area contributed by atoms with Crippen LogP contribution < -0.4 is 15.4 Å². The van der Waals surface area contributed by atoms with E-state index in [1.54, 1.807) is 0 Å². The van der Waals surface area contributed by atoms with Crippen molar-refractivity contribution in [1.29, 1.82) is 0 Å². The first-order valence-corrected chi connectivity index (χ1v) is 8.15. The van der Waals surface area contributed by atoms with E-state index in [0.717, 1.165) is 30.0 Å². The summed E-state index contributed by atoms with van der Waals surface area (Å²) in [4.78, 5) is 0. The van der Waals surface area contributed by atoms with Crippen LogP contribution in [0.25, 0.3) is 0 Å². The van der Waals surface area contributed by atoms with Crippen molar-refractivity contribution in [1.82, 2.24) is 10.6 Å². The quantitative estimate of drug-likeness (QED) is 0.528. The molecule has 0 radical (unpaired) electrons. The van der Waals surface area contributed by atoms with E-state index in [9.17, 15) is 0 Å². The molecule has 0 saturated heterocycles. The van der Waals surface area contributed by atoms with Gasteiger partial charge < -0.3 is 20.5 Å². The lowest BCUT2D eigenvalue weighted by Crippen LogP contribution is -2.28. The third kappa shape index (κ3) is 9.31. The smallest absolute Gasteiger partial charge is 0.124 e. The number of aliphatic hydroxyl groups is 1. The Morgan fingerprint density at radius 3 is 2.36 bits per heavy atom. The first-order chi connectivity index (χ1) is 11.3. The number of halogens is 3. The number of rotatable bonds is 10. The van der Waals surface area contributed by atoms with Gasteiger partial charge in [-0.1, -0.05) is 41.9 Å². The van der Waals surface area contributed by atoms with Gasteiger partial charge in [-0.3, -0.25) is 0 Å². The molecule has 0 spiro atoms. The summed E-state index contributed by atoms with van der Waals surface area (Å²) in [5.41, 5.74) is 2.17. The Morgan fingerprint density at radius 1 is 0.920 bits per heavy atom. The summed E-state index contributed by atoms with van der Waals surface area (Å²) in [5, 5.41) is 15.9. The molecule has 3 N–H and O–H groups in total. The number of hydrogen-bond acceptors (Lipinski definition) is 4. The Kier molecular flexibility index (Phi) is 13.6. The van der Waals surface area contributed by atoms with Crippen LogP contribution in [-0.2, 0) is 13.2 Å². The molecular weight excluding hydrogens is 383 g/mol. The summed E-state index contributed by atoms with van der Waals surface area (Å²) >= 11 is 6.09. The molecule has 0 saturated carbocycles. The predicted molar refractivity (Wildman–Crippen MR) is 108 cm³/mol. The highest BCUT2D eigenvalue weighted by molar-refractivity contribution is 6.30. The van der Waals surface area contributed by atoms with Crippen molar-refractivity contribution in [3.05, 3.63) is 64.7 Å². The zero-order valence-electron chi connectivity index (χ0n) is 13.9. The molecule has 0 bridgehead atoms. The van der Waals surface area contributed by atoms with E-state index in [4.69, 9.17) is 21.4 Å². The first kappa shape index (κ1) is 24.0. The highest BCUT2D eigenvalue weighted by Gasteiger charge is 2.05. The predicted octanol–water partition coefficient (Wildman–Crippen LogP) is 3.43. The number of benzene rings is 2. The molecule has 2 aromatic rings. The lowest BCUT2D eigenvalue weighted by atomic mass is 10.2. The van der Waals surface area contributed by atoms with Gasteiger partial charge in [0.15, 0.2) is 0 Å². The average Bonchev–Trinajstić information content (AvgIpc) is 2.58. The molecule has 0 fully saturated rings. The average molecular weight is 408 g/mol. The Balaban J connectivity index is 0.00000288. The molecule has 2 aromatic carbocycles. The largest absolute Gasteiger partial charge is 0.489 e. The maximum atomic E-state index is 8.71. The van der Waals surface area contributed by atoms with E-state index in [2.05, 4.69) is 10.6 Å². The van der Waals surface area contributed by atoms with Crippen LogP contribution in [0.4, 0.5) is 0 Å². The van der Waals surface area contributed by atoms with Gasteiger partial charge in [-0.25, -0.2) is 0 Å². The van der Waals surface area contributed by atoms with Crippen molar-refractivity contribution in [2.75, 3.05) is 26.2 Å². The molecule has 4 nitrogen and oxygen atoms in total. The fourth-order valence-corrected chi connectivity index (χ4v) is 2.36. The van der Waals surface area contributed by atoms with Crippen LogP contribution >= 0.6 is 36.4 Å². The lowest BCUT2D eigenvalue weighted by Gasteiger charge is -2.13. The molecule has 0 aliphatic carbocycles. The van der Waals surface area contributed by atoms with Crippen molar-refractivity contribution in [3.8, 4) is 5.75 Å². The molecule has 7 heteroatoms. The highest BCUT2D eigenvalue weighted by atomic mass is 35.5. The minimum absolute atomic E-state index is 0. The Morgan fingerprint density at radius 2 is 1.64 bits per heavy atom. The van der Waals surface area contributed by atoms with E-state index >= 15 is 0 Å². The summed E-state index contributed by atoms with van der Waals surface area (Å²) in [6.45, 7) is 3.61. The van der Waals surface area contributed by atoms with Gasteiger partial charge in [0.25, 0.3) is 0 Å². The normalized spacial score (nSPS) is 9.84. The lowest BCUT2D eigenvalue weighted by molar-refractivity contribution is 0.292. The van der Waals surface area contributed by atoms with Crippen LogP contribution in [-0.4, -0.2) is 31.3 Å².